The predicted octanol–water partition coefficient (Wildman–Crippen LogP) is 1.76. The minimum absolute atomic E-state index is 0.173. The zero-order chi connectivity index (χ0) is 12.3. The van der Waals surface area contributed by atoms with Gasteiger partial charge in [0.2, 0.25) is 0 Å². The number of aliphatic hydroxyl groups excluding tert-OH is 1. The summed E-state index contributed by atoms with van der Waals surface area (Å²) < 4.78 is 0. The molecule has 1 heterocycles. The van der Waals surface area contributed by atoms with Crippen LogP contribution in [0.25, 0.3) is 0 Å². The second-order valence-corrected chi connectivity index (χ2v) is 5.04. The van der Waals surface area contributed by atoms with Crippen molar-refractivity contribution in [3.05, 3.63) is 29.3 Å². The number of fused-ring (bicyclic) bond motifs is 1. The van der Waals surface area contributed by atoms with Gasteiger partial charge in [0.05, 0.1) is 6.61 Å². The summed E-state index contributed by atoms with van der Waals surface area (Å²) in [5.41, 5.74) is 4.01. The number of aliphatic hydroxyl groups is 1. The molecule has 1 aliphatic rings. The van der Waals surface area contributed by atoms with E-state index in [1.807, 2.05) is 0 Å². The van der Waals surface area contributed by atoms with Crippen LogP contribution < -0.4 is 10.6 Å². The summed E-state index contributed by atoms with van der Waals surface area (Å²) in [5.74, 6) is 0.449. The summed E-state index contributed by atoms with van der Waals surface area (Å²) in [6.07, 6.45) is 1.12. The second-order valence-electron chi connectivity index (χ2n) is 5.04. The van der Waals surface area contributed by atoms with Gasteiger partial charge in [-0.1, -0.05) is 32.0 Å². The molecule has 0 aromatic heterocycles. The molecule has 0 aliphatic carbocycles. The topological polar surface area (TPSA) is 44.3 Å². The molecule has 1 aromatic rings. The van der Waals surface area contributed by atoms with Crippen molar-refractivity contribution in [1.82, 2.24) is 5.32 Å². The molecule has 3 heteroatoms. The zero-order valence-corrected chi connectivity index (χ0v) is 10.7. The quantitative estimate of drug-likeness (QED) is 0.727. The Morgan fingerprint density at radius 2 is 2.24 bits per heavy atom. The molecule has 2 rings (SSSR count). The standard InChI is InChI=1S/C14H22N2O/c1-10(2)13(9-17)16-8-12-5-3-4-11-6-7-15-14(11)12/h3-5,10,13,15-17H,6-9H2,1-2H3. The lowest BCUT2D eigenvalue weighted by Crippen LogP contribution is -2.36. The van der Waals surface area contributed by atoms with E-state index in [1.165, 1.54) is 16.8 Å². The first-order chi connectivity index (χ1) is 8.22. The summed E-state index contributed by atoms with van der Waals surface area (Å²) in [5, 5.41) is 16.2. The molecule has 17 heavy (non-hydrogen) atoms. The van der Waals surface area contributed by atoms with Crippen molar-refractivity contribution in [2.45, 2.75) is 32.9 Å². The highest BCUT2D eigenvalue weighted by molar-refractivity contribution is 5.61. The van der Waals surface area contributed by atoms with E-state index in [0.29, 0.717) is 5.92 Å². The summed E-state index contributed by atoms with van der Waals surface area (Å²) in [6.45, 7) is 6.31. The largest absolute Gasteiger partial charge is 0.395 e. The number of nitrogens with one attached hydrogen (secondary N) is 2. The van der Waals surface area contributed by atoms with E-state index in [4.69, 9.17) is 0 Å². The zero-order valence-electron chi connectivity index (χ0n) is 10.7. The summed E-state index contributed by atoms with van der Waals surface area (Å²) in [4.78, 5) is 0. The molecule has 0 amide bonds. The normalized spacial score (nSPS) is 15.8. The first-order valence-electron chi connectivity index (χ1n) is 6.41. The third-order valence-electron chi connectivity index (χ3n) is 3.49. The Labute approximate surface area is 103 Å². The highest BCUT2D eigenvalue weighted by atomic mass is 16.3. The Hall–Kier alpha value is -1.06. The number of hydrogen-bond acceptors (Lipinski definition) is 3. The maximum Gasteiger partial charge on any atom is 0.0587 e. The molecule has 1 unspecified atom stereocenters. The Bertz CT molecular complexity index is 376. The van der Waals surface area contributed by atoms with Crippen LogP contribution in [-0.4, -0.2) is 24.3 Å². The third-order valence-corrected chi connectivity index (χ3v) is 3.49. The molecule has 94 valence electrons. The summed E-state index contributed by atoms with van der Waals surface area (Å²) in [6, 6.07) is 6.63. The van der Waals surface area contributed by atoms with Crippen LogP contribution in [-0.2, 0) is 13.0 Å². The molecule has 0 saturated heterocycles. The van der Waals surface area contributed by atoms with Crippen LogP contribution in [0.3, 0.4) is 0 Å². The Morgan fingerprint density at radius 3 is 2.94 bits per heavy atom. The molecule has 3 N–H and O–H groups in total. The Morgan fingerprint density at radius 1 is 1.41 bits per heavy atom. The number of benzene rings is 1. The first kappa shape index (κ1) is 12.4. The van der Waals surface area contributed by atoms with Gasteiger partial charge in [-0.3, -0.25) is 0 Å². The fraction of sp³-hybridized carbons (Fsp3) is 0.571. The van der Waals surface area contributed by atoms with Crippen molar-refractivity contribution in [2.24, 2.45) is 5.92 Å². The van der Waals surface area contributed by atoms with Crippen LogP contribution in [0.1, 0.15) is 25.0 Å². The van der Waals surface area contributed by atoms with Gasteiger partial charge in [0.15, 0.2) is 0 Å². The van der Waals surface area contributed by atoms with Crippen LogP contribution in [0.2, 0.25) is 0 Å². The highest BCUT2D eigenvalue weighted by Crippen LogP contribution is 2.26. The Balaban J connectivity index is 2.02. The van der Waals surface area contributed by atoms with Crippen LogP contribution >= 0.6 is 0 Å². The van der Waals surface area contributed by atoms with Crippen molar-refractivity contribution in [3.63, 3.8) is 0 Å². The van der Waals surface area contributed by atoms with E-state index in [-0.39, 0.29) is 12.6 Å². The molecule has 0 saturated carbocycles. The van der Waals surface area contributed by atoms with Gasteiger partial charge in [0.1, 0.15) is 0 Å². The minimum atomic E-state index is 0.173. The maximum absolute atomic E-state index is 9.29. The molecule has 1 aromatic carbocycles. The van der Waals surface area contributed by atoms with Gasteiger partial charge in [-0.25, -0.2) is 0 Å². The van der Waals surface area contributed by atoms with E-state index in [9.17, 15) is 5.11 Å². The molecule has 0 radical (unpaired) electrons. The van der Waals surface area contributed by atoms with Gasteiger partial charge < -0.3 is 15.7 Å². The van der Waals surface area contributed by atoms with Crippen LogP contribution in [0.4, 0.5) is 5.69 Å². The molecule has 0 bridgehead atoms. The smallest absolute Gasteiger partial charge is 0.0587 e. The minimum Gasteiger partial charge on any atom is -0.395 e. The molecule has 1 aliphatic heterocycles. The fourth-order valence-corrected chi connectivity index (χ4v) is 2.31. The average Bonchev–Trinajstić information content (AvgIpc) is 2.78. The highest BCUT2D eigenvalue weighted by Gasteiger charge is 2.15. The van der Waals surface area contributed by atoms with Gasteiger partial charge in [0, 0.05) is 24.8 Å². The van der Waals surface area contributed by atoms with E-state index in [0.717, 1.165) is 19.5 Å². The van der Waals surface area contributed by atoms with Crippen molar-refractivity contribution < 1.29 is 5.11 Å². The van der Waals surface area contributed by atoms with Gasteiger partial charge in [-0.05, 0) is 23.5 Å². The molecule has 0 spiro atoms. The number of para-hydroxylation sites is 1. The van der Waals surface area contributed by atoms with E-state index >= 15 is 0 Å². The van der Waals surface area contributed by atoms with E-state index < -0.39 is 0 Å². The third kappa shape index (κ3) is 2.79. The number of anilines is 1. The van der Waals surface area contributed by atoms with E-state index in [1.54, 1.807) is 0 Å². The van der Waals surface area contributed by atoms with Crippen LogP contribution in [0, 0.1) is 5.92 Å². The SMILES string of the molecule is CC(C)C(CO)NCc1cccc2c1NCC2. The van der Waals surface area contributed by atoms with Crippen LogP contribution in [0.15, 0.2) is 18.2 Å². The predicted molar refractivity (Wildman–Crippen MR) is 71.2 cm³/mol. The van der Waals surface area contributed by atoms with Gasteiger partial charge >= 0.3 is 0 Å². The lowest BCUT2D eigenvalue weighted by Gasteiger charge is -2.20. The molecule has 0 fully saturated rings. The van der Waals surface area contributed by atoms with E-state index in [2.05, 4.69) is 42.7 Å². The van der Waals surface area contributed by atoms with Crippen LogP contribution in [0.5, 0.6) is 0 Å². The van der Waals surface area contributed by atoms with Crippen molar-refractivity contribution in [1.29, 1.82) is 0 Å². The number of hydrogen-bond donors (Lipinski definition) is 3. The second kappa shape index (κ2) is 5.52. The van der Waals surface area contributed by atoms with Crippen molar-refractivity contribution in [3.8, 4) is 0 Å². The maximum atomic E-state index is 9.29. The van der Waals surface area contributed by atoms with Crippen molar-refractivity contribution >= 4 is 5.69 Å². The summed E-state index contributed by atoms with van der Waals surface area (Å²) >= 11 is 0. The number of rotatable bonds is 5. The first-order valence-corrected chi connectivity index (χ1v) is 6.41. The van der Waals surface area contributed by atoms with Gasteiger partial charge in [-0.2, -0.15) is 0 Å². The lowest BCUT2D eigenvalue weighted by atomic mass is 10.0. The molecular weight excluding hydrogens is 212 g/mol. The van der Waals surface area contributed by atoms with Crippen molar-refractivity contribution in [2.75, 3.05) is 18.5 Å². The fourth-order valence-electron chi connectivity index (χ4n) is 2.31. The Kier molecular flexibility index (Phi) is 4.02. The van der Waals surface area contributed by atoms with Gasteiger partial charge in [-0.15, -0.1) is 0 Å². The van der Waals surface area contributed by atoms with Gasteiger partial charge in [0.25, 0.3) is 0 Å². The molecular formula is C14H22N2O. The summed E-state index contributed by atoms with van der Waals surface area (Å²) in [7, 11) is 0. The monoisotopic (exact) mass is 234 g/mol. The molecule has 1 atom stereocenters. The average molecular weight is 234 g/mol. The lowest BCUT2D eigenvalue weighted by molar-refractivity contribution is 0.210. The molecule has 3 nitrogen and oxygen atoms in total.